The zero-order valence-electron chi connectivity index (χ0n) is 17.0. The van der Waals surface area contributed by atoms with Crippen LogP contribution in [0.5, 0.6) is 0 Å². The minimum absolute atomic E-state index is 0.140. The molecule has 1 aliphatic heterocycles. The molecule has 0 spiro atoms. The van der Waals surface area contributed by atoms with Crippen LogP contribution >= 0.6 is 11.8 Å². The third-order valence-electron chi connectivity index (χ3n) is 4.21. The summed E-state index contributed by atoms with van der Waals surface area (Å²) in [6, 6.07) is 9.84. The van der Waals surface area contributed by atoms with Gasteiger partial charge in [-0.15, -0.1) is 10.2 Å². The van der Waals surface area contributed by atoms with Crippen LogP contribution in [0.2, 0.25) is 0 Å². The van der Waals surface area contributed by atoms with E-state index in [9.17, 15) is 4.79 Å². The van der Waals surface area contributed by atoms with Gasteiger partial charge in [0.1, 0.15) is 11.3 Å². The highest BCUT2D eigenvalue weighted by Crippen LogP contribution is 2.32. The quantitative estimate of drug-likeness (QED) is 0.692. The number of ether oxygens (including phenoxy) is 2. The molecular weight excluding hydrogens is 378 g/mol. The van der Waals surface area contributed by atoms with Crippen LogP contribution in [0.15, 0.2) is 40.0 Å². The van der Waals surface area contributed by atoms with Crippen molar-refractivity contribution in [2.45, 2.75) is 63.6 Å². The van der Waals surface area contributed by atoms with Crippen molar-refractivity contribution >= 4 is 17.9 Å². The van der Waals surface area contributed by atoms with Crippen molar-refractivity contribution in [1.82, 2.24) is 15.1 Å². The first-order chi connectivity index (χ1) is 13.1. The van der Waals surface area contributed by atoms with Crippen molar-refractivity contribution in [2.75, 3.05) is 12.4 Å². The van der Waals surface area contributed by atoms with Gasteiger partial charge in [-0.1, -0.05) is 42.1 Å². The first-order valence-electron chi connectivity index (χ1n) is 9.29. The van der Waals surface area contributed by atoms with E-state index < -0.39 is 11.3 Å². The smallest absolute Gasteiger partial charge is 0.412 e. The van der Waals surface area contributed by atoms with Gasteiger partial charge in [0.25, 0.3) is 5.22 Å². The summed E-state index contributed by atoms with van der Waals surface area (Å²) in [5.41, 5.74) is -0.169. The molecule has 0 saturated carbocycles. The number of amides is 1. The number of nitrogens with zero attached hydrogens (tertiary/aromatic N) is 3. The van der Waals surface area contributed by atoms with E-state index >= 15 is 0 Å². The molecule has 1 aromatic carbocycles. The highest BCUT2D eigenvalue weighted by Gasteiger charge is 2.45. The first kappa shape index (κ1) is 20.7. The SMILES string of the molecule is CC(C)(C)OC(=O)N1[C@H](CSc2nnc(Cc3ccccc3)o2)COC1(C)C. The molecule has 0 aliphatic carbocycles. The van der Waals surface area contributed by atoms with Crippen LogP contribution in [-0.4, -0.2) is 50.9 Å². The molecule has 152 valence electrons. The molecule has 0 unspecified atom stereocenters. The lowest BCUT2D eigenvalue weighted by Gasteiger charge is -2.34. The first-order valence-corrected chi connectivity index (χ1v) is 10.3. The molecule has 8 heteroatoms. The molecule has 1 atom stereocenters. The molecule has 1 aromatic heterocycles. The fraction of sp³-hybridized carbons (Fsp3) is 0.550. The molecule has 7 nitrogen and oxygen atoms in total. The number of thioether (sulfide) groups is 1. The number of carbonyl (C=O) groups is 1. The standard InChI is InChI=1S/C20H27N3O4S/c1-19(2,3)27-18(24)23-15(12-25-20(23,4)5)13-28-17-22-21-16(26-17)11-14-9-7-6-8-10-14/h6-10,15H,11-13H2,1-5H3/t15-/m0/s1. The van der Waals surface area contributed by atoms with E-state index in [1.54, 1.807) is 4.90 Å². The van der Waals surface area contributed by atoms with Gasteiger partial charge < -0.3 is 13.9 Å². The number of carbonyl (C=O) groups excluding carboxylic acids is 1. The minimum atomic E-state index is -0.721. The third-order valence-corrected chi connectivity index (χ3v) is 5.17. The van der Waals surface area contributed by atoms with Crippen LogP contribution in [-0.2, 0) is 15.9 Å². The average Bonchev–Trinajstić information content (AvgIpc) is 3.15. The molecule has 2 aromatic rings. The van der Waals surface area contributed by atoms with Crippen molar-refractivity contribution in [3.63, 3.8) is 0 Å². The van der Waals surface area contributed by atoms with E-state index in [1.165, 1.54) is 11.8 Å². The molecule has 0 bridgehead atoms. The Bertz CT molecular complexity index is 801. The largest absolute Gasteiger partial charge is 0.444 e. The molecule has 1 aliphatic rings. The van der Waals surface area contributed by atoms with Gasteiger partial charge in [-0.3, -0.25) is 4.90 Å². The van der Waals surface area contributed by atoms with Crippen LogP contribution in [0.4, 0.5) is 4.79 Å². The Morgan fingerprint density at radius 3 is 2.68 bits per heavy atom. The lowest BCUT2D eigenvalue weighted by molar-refractivity contribution is -0.0617. The summed E-state index contributed by atoms with van der Waals surface area (Å²) in [6.45, 7) is 9.73. The van der Waals surface area contributed by atoms with Crippen molar-refractivity contribution < 1.29 is 18.7 Å². The average molecular weight is 406 g/mol. The lowest BCUT2D eigenvalue weighted by atomic mass is 10.2. The number of hydrogen-bond donors (Lipinski definition) is 0. The molecule has 1 fully saturated rings. The Labute approximate surface area is 169 Å². The number of aromatic nitrogens is 2. The zero-order valence-corrected chi connectivity index (χ0v) is 17.8. The number of benzene rings is 1. The maximum Gasteiger partial charge on any atom is 0.412 e. The van der Waals surface area contributed by atoms with Crippen molar-refractivity contribution in [2.24, 2.45) is 0 Å². The van der Waals surface area contributed by atoms with Gasteiger partial charge in [0, 0.05) is 5.75 Å². The Hall–Kier alpha value is -2.06. The molecule has 2 heterocycles. The molecule has 0 radical (unpaired) electrons. The third kappa shape index (κ3) is 5.26. The summed E-state index contributed by atoms with van der Waals surface area (Å²) in [4.78, 5) is 14.3. The van der Waals surface area contributed by atoms with Gasteiger partial charge in [-0.05, 0) is 40.2 Å². The summed E-state index contributed by atoms with van der Waals surface area (Å²) < 4.78 is 17.1. The zero-order chi connectivity index (χ0) is 20.4. The van der Waals surface area contributed by atoms with Gasteiger partial charge >= 0.3 is 6.09 Å². The van der Waals surface area contributed by atoms with Gasteiger partial charge in [0.05, 0.1) is 19.1 Å². The fourth-order valence-electron chi connectivity index (χ4n) is 2.99. The van der Waals surface area contributed by atoms with Gasteiger partial charge in [-0.2, -0.15) is 0 Å². The van der Waals surface area contributed by atoms with E-state index in [-0.39, 0.29) is 12.1 Å². The van der Waals surface area contributed by atoms with Gasteiger partial charge in [0.15, 0.2) is 0 Å². The second-order valence-corrected chi connectivity index (χ2v) is 9.17. The molecule has 1 amide bonds. The van der Waals surface area contributed by atoms with E-state index in [0.29, 0.717) is 29.9 Å². The summed E-state index contributed by atoms with van der Waals surface area (Å²) >= 11 is 1.42. The molecule has 0 N–H and O–H groups in total. The van der Waals surface area contributed by atoms with Crippen LogP contribution in [0, 0.1) is 0 Å². The summed E-state index contributed by atoms with van der Waals surface area (Å²) in [6.07, 6.45) is 0.216. The lowest BCUT2D eigenvalue weighted by Crippen LogP contribution is -2.50. The van der Waals surface area contributed by atoms with E-state index in [1.807, 2.05) is 65.0 Å². The maximum absolute atomic E-state index is 12.7. The normalized spacial score (nSPS) is 19.0. The number of hydrogen-bond acceptors (Lipinski definition) is 7. The van der Waals surface area contributed by atoms with Crippen molar-refractivity contribution in [3.05, 3.63) is 41.8 Å². The van der Waals surface area contributed by atoms with E-state index in [2.05, 4.69) is 10.2 Å². The second kappa shape index (κ2) is 8.13. The van der Waals surface area contributed by atoms with E-state index in [0.717, 1.165) is 5.56 Å². The van der Waals surface area contributed by atoms with E-state index in [4.69, 9.17) is 13.9 Å². The van der Waals surface area contributed by atoms with Gasteiger partial charge in [-0.25, -0.2) is 4.79 Å². The molecule has 3 rings (SSSR count). The second-order valence-electron chi connectivity index (χ2n) is 8.20. The van der Waals surface area contributed by atoms with Crippen LogP contribution < -0.4 is 0 Å². The van der Waals surface area contributed by atoms with Crippen LogP contribution in [0.3, 0.4) is 0 Å². The Morgan fingerprint density at radius 2 is 2.00 bits per heavy atom. The Balaban J connectivity index is 1.61. The topological polar surface area (TPSA) is 77.7 Å². The van der Waals surface area contributed by atoms with Crippen LogP contribution in [0.1, 0.15) is 46.1 Å². The monoisotopic (exact) mass is 405 g/mol. The highest BCUT2D eigenvalue weighted by atomic mass is 32.2. The number of rotatable bonds is 5. The minimum Gasteiger partial charge on any atom is -0.444 e. The predicted octanol–water partition coefficient (Wildman–Crippen LogP) is 4.12. The summed E-state index contributed by atoms with van der Waals surface area (Å²) in [7, 11) is 0. The Kier molecular flexibility index (Phi) is 6.00. The Morgan fingerprint density at radius 1 is 1.29 bits per heavy atom. The molecular formula is C20H27N3O4S. The van der Waals surface area contributed by atoms with Crippen molar-refractivity contribution in [3.8, 4) is 0 Å². The maximum atomic E-state index is 12.7. The highest BCUT2D eigenvalue weighted by molar-refractivity contribution is 7.99. The summed E-state index contributed by atoms with van der Waals surface area (Å²) in [5.74, 6) is 1.15. The van der Waals surface area contributed by atoms with Crippen LogP contribution in [0.25, 0.3) is 0 Å². The van der Waals surface area contributed by atoms with Crippen molar-refractivity contribution in [1.29, 1.82) is 0 Å². The molecule has 1 saturated heterocycles. The predicted molar refractivity (Wildman–Crippen MR) is 106 cm³/mol. The fourth-order valence-corrected chi connectivity index (χ4v) is 3.83. The molecule has 28 heavy (non-hydrogen) atoms. The summed E-state index contributed by atoms with van der Waals surface area (Å²) in [5, 5.41) is 8.71. The van der Waals surface area contributed by atoms with Gasteiger partial charge in [0.2, 0.25) is 5.89 Å².